The quantitative estimate of drug-likeness (QED) is 0.936. The Morgan fingerprint density at radius 1 is 1.25 bits per heavy atom. The first kappa shape index (κ1) is 14.0. The molecule has 0 aliphatic rings. The second-order valence-electron chi connectivity index (χ2n) is 4.09. The number of halogens is 3. The highest BCUT2D eigenvalue weighted by molar-refractivity contribution is 5.66. The molecule has 1 heterocycles. The fourth-order valence-electron chi connectivity index (χ4n) is 1.58. The third-order valence-corrected chi connectivity index (χ3v) is 2.60. The van der Waals surface area contributed by atoms with E-state index in [4.69, 9.17) is 5.11 Å². The van der Waals surface area contributed by atoms with Crippen molar-refractivity contribution >= 4 is 5.97 Å². The van der Waals surface area contributed by atoms with E-state index in [0.29, 0.717) is 11.4 Å². The Morgan fingerprint density at radius 3 is 2.45 bits per heavy atom. The van der Waals surface area contributed by atoms with E-state index in [9.17, 15) is 18.0 Å². The molecule has 0 fully saturated rings. The topological polar surface area (TPSA) is 68.0 Å². The summed E-state index contributed by atoms with van der Waals surface area (Å²) in [6.45, 7) is 0. The van der Waals surface area contributed by atoms with E-state index in [0.717, 1.165) is 12.1 Å². The molecule has 20 heavy (non-hydrogen) atoms. The molecule has 0 aliphatic heterocycles. The van der Waals surface area contributed by atoms with Crippen LogP contribution in [0.25, 0.3) is 5.69 Å². The normalized spacial score (nSPS) is 11.6. The zero-order valence-electron chi connectivity index (χ0n) is 10.1. The molecule has 0 saturated heterocycles. The van der Waals surface area contributed by atoms with Crippen LogP contribution in [0, 0.1) is 0 Å². The highest BCUT2D eigenvalue weighted by Gasteiger charge is 2.30. The summed E-state index contributed by atoms with van der Waals surface area (Å²) in [5.74, 6) is -0.950. The van der Waals surface area contributed by atoms with Gasteiger partial charge >= 0.3 is 12.1 Å². The largest absolute Gasteiger partial charge is 0.481 e. The molecule has 2 aromatic rings. The summed E-state index contributed by atoms with van der Waals surface area (Å²) in [6, 6.07) is 4.46. The van der Waals surface area contributed by atoms with Crippen molar-refractivity contribution in [2.45, 2.75) is 19.0 Å². The summed E-state index contributed by atoms with van der Waals surface area (Å²) in [7, 11) is 0. The summed E-state index contributed by atoms with van der Waals surface area (Å²) in [5.41, 5.74) is 0.145. The van der Waals surface area contributed by atoms with E-state index in [1.165, 1.54) is 23.0 Å². The van der Waals surface area contributed by atoms with Gasteiger partial charge in [-0.1, -0.05) is 5.21 Å². The average Bonchev–Trinajstić information content (AvgIpc) is 2.84. The summed E-state index contributed by atoms with van der Waals surface area (Å²) in [6.07, 6.45) is -2.75. The molecule has 106 valence electrons. The maximum atomic E-state index is 12.4. The van der Waals surface area contributed by atoms with Crippen LogP contribution in [0.4, 0.5) is 13.2 Å². The summed E-state index contributed by atoms with van der Waals surface area (Å²) in [5, 5.41) is 16.1. The molecule has 5 nitrogen and oxygen atoms in total. The minimum absolute atomic E-state index is 0.0777. The predicted octanol–water partition coefficient (Wildman–Crippen LogP) is 2.30. The highest BCUT2D eigenvalue weighted by Crippen LogP contribution is 2.29. The second-order valence-corrected chi connectivity index (χ2v) is 4.09. The first-order valence-electron chi connectivity index (χ1n) is 5.67. The Labute approximate surface area is 111 Å². The van der Waals surface area contributed by atoms with E-state index in [-0.39, 0.29) is 12.8 Å². The van der Waals surface area contributed by atoms with E-state index in [1.807, 2.05) is 0 Å². The van der Waals surface area contributed by atoms with Gasteiger partial charge in [0.2, 0.25) is 0 Å². The average molecular weight is 285 g/mol. The molecular weight excluding hydrogens is 275 g/mol. The van der Waals surface area contributed by atoms with Crippen LogP contribution < -0.4 is 0 Å². The fraction of sp³-hybridized carbons (Fsp3) is 0.250. The molecule has 2 rings (SSSR count). The van der Waals surface area contributed by atoms with Crippen LogP contribution in [0.5, 0.6) is 0 Å². The van der Waals surface area contributed by atoms with Gasteiger partial charge < -0.3 is 5.11 Å². The third kappa shape index (κ3) is 3.34. The van der Waals surface area contributed by atoms with Crippen molar-refractivity contribution in [3.05, 3.63) is 41.7 Å². The SMILES string of the molecule is O=C(O)CCc1cn(-c2ccc(C(F)(F)F)cc2)nn1. The van der Waals surface area contributed by atoms with Crippen molar-refractivity contribution < 1.29 is 23.1 Å². The van der Waals surface area contributed by atoms with Crippen LogP contribution in [0.15, 0.2) is 30.5 Å². The van der Waals surface area contributed by atoms with Gasteiger partial charge in [-0.25, -0.2) is 4.68 Å². The number of alkyl halides is 3. The van der Waals surface area contributed by atoms with Crippen LogP contribution >= 0.6 is 0 Å². The van der Waals surface area contributed by atoms with Gasteiger partial charge in [0, 0.05) is 6.42 Å². The van der Waals surface area contributed by atoms with Crippen molar-refractivity contribution in [1.29, 1.82) is 0 Å². The standard InChI is InChI=1S/C12H10F3N3O2/c13-12(14,15)8-1-4-10(5-2-8)18-7-9(16-17-18)3-6-11(19)20/h1-2,4-5,7H,3,6H2,(H,19,20). The Hall–Kier alpha value is -2.38. The summed E-state index contributed by atoms with van der Waals surface area (Å²) < 4.78 is 38.5. The number of aromatic nitrogens is 3. The monoisotopic (exact) mass is 285 g/mol. The molecule has 0 bridgehead atoms. The van der Waals surface area contributed by atoms with Crippen molar-refractivity contribution in [2.75, 3.05) is 0 Å². The number of hydrogen-bond donors (Lipinski definition) is 1. The van der Waals surface area contributed by atoms with E-state index in [1.54, 1.807) is 0 Å². The molecule has 1 aromatic heterocycles. The fourth-order valence-corrected chi connectivity index (χ4v) is 1.58. The number of carbonyl (C=O) groups is 1. The molecule has 0 radical (unpaired) electrons. The lowest BCUT2D eigenvalue weighted by Crippen LogP contribution is -2.05. The van der Waals surface area contributed by atoms with Gasteiger partial charge in [-0.15, -0.1) is 5.10 Å². The van der Waals surface area contributed by atoms with E-state index >= 15 is 0 Å². The minimum atomic E-state index is -4.38. The van der Waals surface area contributed by atoms with Crippen molar-refractivity contribution in [2.24, 2.45) is 0 Å². The third-order valence-electron chi connectivity index (χ3n) is 2.60. The van der Waals surface area contributed by atoms with Crippen molar-refractivity contribution in [1.82, 2.24) is 15.0 Å². The lowest BCUT2D eigenvalue weighted by Gasteiger charge is -2.07. The molecule has 1 N–H and O–H groups in total. The molecule has 0 unspecified atom stereocenters. The molecule has 0 atom stereocenters. The van der Waals surface area contributed by atoms with Gasteiger partial charge in [-0.2, -0.15) is 13.2 Å². The van der Waals surface area contributed by atoms with Gasteiger partial charge in [-0.05, 0) is 24.3 Å². The number of carboxylic acid groups (broad SMARTS) is 1. The highest BCUT2D eigenvalue weighted by atomic mass is 19.4. The van der Waals surface area contributed by atoms with Crippen molar-refractivity contribution in [3.63, 3.8) is 0 Å². The van der Waals surface area contributed by atoms with Gasteiger partial charge in [0.1, 0.15) is 0 Å². The molecule has 1 aromatic carbocycles. The van der Waals surface area contributed by atoms with Gasteiger partial charge in [0.25, 0.3) is 0 Å². The van der Waals surface area contributed by atoms with E-state index in [2.05, 4.69) is 10.3 Å². The number of aliphatic carboxylic acids is 1. The molecular formula is C12H10F3N3O2. The van der Waals surface area contributed by atoms with E-state index < -0.39 is 17.7 Å². The second kappa shape index (κ2) is 5.32. The molecule has 8 heteroatoms. The lowest BCUT2D eigenvalue weighted by molar-refractivity contribution is -0.138. The van der Waals surface area contributed by atoms with Crippen LogP contribution in [-0.2, 0) is 17.4 Å². The van der Waals surface area contributed by atoms with Crippen LogP contribution in [0.3, 0.4) is 0 Å². The maximum Gasteiger partial charge on any atom is 0.416 e. The minimum Gasteiger partial charge on any atom is -0.481 e. The Balaban J connectivity index is 2.14. The van der Waals surface area contributed by atoms with Crippen LogP contribution in [-0.4, -0.2) is 26.1 Å². The molecule has 0 spiro atoms. The Morgan fingerprint density at radius 2 is 1.90 bits per heavy atom. The molecule has 0 saturated carbocycles. The molecule has 0 aliphatic carbocycles. The number of aryl methyl sites for hydroxylation is 1. The van der Waals surface area contributed by atoms with Gasteiger partial charge in [0.05, 0.1) is 29.6 Å². The number of rotatable bonds is 4. The number of benzene rings is 1. The predicted molar refractivity (Wildman–Crippen MR) is 62.3 cm³/mol. The molecule has 0 amide bonds. The van der Waals surface area contributed by atoms with Crippen LogP contribution in [0.1, 0.15) is 17.7 Å². The van der Waals surface area contributed by atoms with Gasteiger partial charge in [-0.3, -0.25) is 4.79 Å². The number of nitrogens with zero attached hydrogens (tertiary/aromatic N) is 3. The number of hydrogen-bond acceptors (Lipinski definition) is 3. The first-order valence-corrected chi connectivity index (χ1v) is 5.67. The zero-order chi connectivity index (χ0) is 14.8. The first-order chi connectivity index (χ1) is 9.36. The zero-order valence-corrected chi connectivity index (χ0v) is 10.1. The summed E-state index contributed by atoms with van der Waals surface area (Å²) >= 11 is 0. The van der Waals surface area contributed by atoms with Crippen molar-refractivity contribution in [3.8, 4) is 5.69 Å². The Kier molecular flexibility index (Phi) is 3.73. The smallest absolute Gasteiger partial charge is 0.416 e. The Bertz CT molecular complexity index is 605. The lowest BCUT2D eigenvalue weighted by atomic mass is 10.2. The van der Waals surface area contributed by atoms with Crippen LogP contribution in [0.2, 0.25) is 0 Å². The maximum absolute atomic E-state index is 12.4. The number of carboxylic acids is 1. The van der Waals surface area contributed by atoms with Gasteiger partial charge in [0.15, 0.2) is 0 Å². The summed E-state index contributed by atoms with van der Waals surface area (Å²) in [4.78, 5) is 10.4.